The number of likely N-dealkylation sites (N-methyl/N-ethyl adjacent to an activating group) is 1. The molecule has 1 aliphatic rings. The lowest BCUT2D eigenvalue weighted by Crippen LogP contribution is -2.52. The Kier molecular flexibility index (Phi) is 7.26. The minimum Gasteiger partial charge on any atom is -0.496 e. The van der Waals surface area contributed by atoms with Gasteiger partial charge < -0.3 is 34.5 Å². The molecule has 1 aliphatic heterocycles. The number of carbonyl (C=O) groups excluding carboxylic acids is 1. The van der Waals surface area contributed by atoms with Crippen molar-refractivity contribution in [3.05, 3.63) is 60.2 Å². The molecule has 0 saturated carbocycles. The van der Waals surface area contributed by atoms with E-state index in [1.807, 2.05) is 69.4 Å². The Bertz CT molecular complexity index is 1260. The quantitative estimate of drug-likeness (QED) is 0.402. The van der Waals surface area contributed by atoms with Gasteiger partial charge in [-0.1, -0.05) is 18.2 Å². The zero-order chi connectivity index (χ0) is 25.9. The largest absolute Gasteiger partial charge is 0.496 e. The van der Waals surface area contributed by atoms with Crippen LogP contribution in [0.3, 0.4) is 0 Å². The van der Waals surface area contributed by atoms with Crippen molar-refractivity contribution in [3.63, 3.8) is 0 Å². The van der Waals surface area contributed by atoms with Crippen molar-refractivity contribution >= 4 is 23.0 Å². The van der Waals surface area contributed by atoms with Crippen molar-refractivity contribution in [2.75, 3.05) is 50.7 Å². The van der Waals surface area contributed by atoms with Gasteiger partial charge in [0.1, 0.15) is 22.8 Å². The van der Waals surface area contributed by atoms with Gasteiger partial charge in [0.2, 0.25) is 0 Å². The highest BCUT2D eigenvalue weighted by atomic mass is 16.7. The summed E-state index contributed by atoms with van der Waals surface area (Å²) in [6.07, 6.45) is 0. The summed E-state index contributed by atoms with van der Waals surface area (Å²) in [7, 11) is 6.67. The van der Waals surface area contributed by atoms with E-state index in [2.05, 4.69) is 16.7 Å². The topological polar surface area (TPSA) is 81.3 Å². The van der Waals surface area contributed by atoms with Gasteiger partial charge in [0.15, 0.2) is 6.79 Å². The number of amides is 1. The van der Waals surface area contributed by atoms with E-state index in [-0.39, 0.29) is 12.7 Å². The van der Waals surface area contributed by atoms with Crippen molar-refractivity contribution in [2.24, 2.45) is 0 Å². The van der Waals surface area contributed by atoms with Crippen LogP contribution >= 0.6 is 0 Å². The maximum Gasteiger partial charge on any atom is 0.251 e. The number of rotatable bonds is 9. The third-order valence-electron chi connectivity index (χ3n) is 6.27. The molecule has 4 rings (SSSR count). The van der Waals surface area contributed by atoms with Crippen molar-refractivity contribution in [3.8, 4) is 28.4 Å². The molecule has 0 saturated heterocycles. The molecule has 0 fully saturated rings. The molecule has 0 spiro atoms. The van der Waals surface area contributed by atoms with Crippen molar-refractivity contribution in [2.45, 2.75) is 25.9 Å². The first kappa shape index (κ1) is 25.2. The fourth-order valence-corrected chi connectivity index (χ4v) is 4.55. The van der Waals surface area contributed by atoms with Crippen LogP contribution in [0.15, 0.2) is 54.6 Å². The third-order valence-corrected chi connectivity index (χ3v) is 6.27. The first-order valence-corrected chi connectivity index (χ1v) is 11.7. The molecule has 36 heavy (non-hydrogen) atoms. The minimum atomic E-state index is -0.714. The second-order valence-electron chi connectivity index (χ2n) is 9.07. The number of methoxy groups -OCH3 is 3. The fourth-order valence-electron chi connectivity index (χ4n) is 4.55. The predicted molar refractivity (Wildman–Crippen MR) is 142 cm³/mol. The van der Waals surface area contributed by atoms with E-state index in [4.69, 9.17) is 18.9 Å². The highest BCUT2D eigenvalue weighted by Gasteiger charge is 2.38. The molecule has 8 nitrogen and oxygen atoms in total. The molecule has 1 heterocycles. The van der Waals surface area contributed by atoms with Crippen molar-refractivity contribution in [1.82, 2.24) is 0 Å². The van der Waals surface area contributed by atoms with Crippen LogP contribution in [0.25, 0.3) is 11.1 Å². The zero-order valence-corrected chi connectivity index (χ0v) is 21.6. The van der Waals surface area contributed by atoms with Crippen LogP contribution in [0.2, 0.25) is 0 Å². The number of para-hydroxylation sites is 2. The van der Waals surface area contributed by atoms with Gasteiger partial charge in [-0.2, -0.15) is 0 Å². The summed E-state index contributed by atoms with van der Waals surface area (Å²) in [5, 5.41) is 6.91. The standard InChI is InChI=1S/C28H33N3O5/c1-28(2)27(32)31(3)26-21(16-29-22-9-7-8-10-24(22)34-5)19(13-14-23(26)30-28)20-12-11-18(36-17-33-4)15-25(20)35-6/h7-15,29-30H,16-17H2,1-6H3. The van der Waals surface area contributed by atoms with Gasteiger partial charge in [0.05, 0.1) is 31.3 Å². The maximum absolute atomic E-state index is 13.2. The van der Waals surface area contributed by atoms with E-state index in [0.29, 0.717) is 18.0 Å². The van der Waals surface area contributed by atoms with E-state index in [1.54, 1.807) is 26.2 Å². The summed E-state index contributed by atoms with van der Waals surface area (Å²) in [5.41, 5.74) is 4.62. The molecule has 3 aromatic rings. The molecule has 0 unspecified atom stereocenters. The highest BCUT2D eigenvalue weighted by Crippen LogP contribution is 2.45. The van der Waals surface area contributed by atoms with Crippen LogP contribution in [-0.2, 0) is 16.1 Å². The summed E-state index contributed by atoms with van der Waals surface area (Å²) in [4.78, 5) is 15.0. The maximum atomic E-state index is 13.2. The first-order valence-electron chi connectivity index (χ1n) is 11.7. The molecule has 0 bridgehead atoms. The number of carbonyl (C=O) groups is 1. The van der Waals surface area contributed by atoms with Crippen LogP contribution in [0.4, 0.5) is 17.1 Å². The monoisotopic (exact) mass is 491 g/mol. The summed E-state index contributed by atoms with van der Waals surface area (Å²) in [6.45, 7) is 4.36. The van der Waals surface area contributed by atoms with Gasteiger partial charge >= 0.3 is 0 Å². The molecule has 3 aromatic carbocycles. The number of ether oxygens (including phenoxy) is 4. The molecule has 0 aliphatic carbocycles. The minimum absolute atomic E-state index is 0.0130. The molecule has 8 heteroatoms. The van der Waals surface area contributed by atoms with E-state index >= 15 is 0 Å². The lowest BCUT2D eigenvalue weighted by molar-refractivity contribution is -0.121. The lowest BCUT2D eigenvalue weighted by Gasteiger charge is -2.40. The van der Waals surface area contributed by atoms with Crippen LogP contribution in [0.1, 0.15) is 19.4 Å². The van der Waals surface area contributed by atoms with E-state index in [9.17, 15) is 4.79 Å². The molecule has 0 radical (unpaired) electrons. The normalized spacial score (nSPS) is 14.1. The average molecular weight is 492 g/mol. The van der Waals surface area contributed by atoms with Gasteiger partial charge in [-0.15, -0.1) is 0 Å². The van der Waals surface area contributed by atoms with Gasteiger partial charge in [-0.3, -0.25) is 4.79 Å². The second kappa shape index (κ2) is 10.4. The van der Waals surface area contributed by atoms with Crippen LogP contribution < -0.4 is 29.7 Å². The molecule has 0 aromatic heterocycles. The Hall–Kier alpha value is -3.91. The number of fused-ring (bicyclic) bond motifs is 1. The van der Waals surface area contributed by atoms with Crippen LogP contribution in [0.5, 0.6) is 17.2 Å². The number of hydrogen-bond acceptors (Lipinski definition) is 7. The Morgan fingerprint density at radius 2 is 1.67 bits per heavy atom. The summed E-state index contributed by atoms with van der Waals surface area (Å²) in [6, 6.07) is 17.5. The summed E-state index contributed by atoms with van der Waals surface area (Å²) >= 11 is 0. The highest BCUT2D eigenvalue weighted by molar-refractivity contribution is 6.09. The predicted octanol–water partition coefficient (Wildman–Crippen LogP) is 5.13. The Balaban J connectivity index is 1.85. The fraction of sp³-hybridized carbons (Fsp3) is 0.321. The average Bonchev–Trinajstić information content (AvgIpc) is 2.89. The van der Waals surface area contributed by atoms with E-state index in [1.165, 1.54) is 0 Å². The molecule has 190 valence electrons. The first-order chi connectivity index (χ1) is 17.3. The second-order valence-corrected chi connectivity index (χ2v) is 9.07. The Morgan fingerprint density at radius 3 is 2.39 bits per heavy atom. The molecule has 0 atom stereocenters. The Labute approximate surface area is 212 Å². The Morgan fingerprint density at radius 1 is 0.944 bits per heavy atom. The van der Waals surface area contributed by atoms with Crippen molar-refractivity contribution < 1.29 is 23.7 Å². The van der Waals surface area contributed by atoms with Gasteiger partial charge in [0, 0.05) is 37.9 Å². The smallest absolute Gasteiger partial charge is 0.251 e. The lowest BCUT2D eigenvalue weighted by atomic mass is 9.91. The van der Waals surface area contributed by atoms with Gasteiger partial charge in [-0.25, -0.2) is 0 Å². The molecule has 1 amide bonds. The summed E-state index contributed by atoms with van der Waals surface area (Å²) < 4.78 is 21.9. The number of nitrogens with zero attached hydrogens (tertiary/aromatic N) is 1. The van der Waals surface area contributed by atoms with Crippen LogP contribution in [-0.4, -0.2) is 46.6 Å². The SMILES string of the molecule is COCOc1ccc(-c2ccc3c(c2CNc2ccccc2OC)N(C)C(=O)C(C)(C)N3)c(OC)c1. The molecular formula is C28H33N3O5. The summed E-state index contributed by atoms with van der Waals surface area (Å²) in [5.74, 6) is 2.02. The molecular weight excluding hydrogens is 458 g/mol. The number of hydrogen-bond donors (Lipinski definition) is 2. The number of anilines is 3. The van der Waals surface area contributed by atoms with E-state index < -0.39 is 5.54 Å². The van der Waals surface area contributed by atoms with Gasteiger partial charge in [0.25, 0.3) is 5.91 Å². The van der Waals surface area contributed by atoms with Crippen LogP contribution in [0, 0.1) is 0 Å². The molecule has 2 N–H and O–H groups in total. The number of benzene rings is 3. The van der Waals surface area contributed by atoms with Crippen molar-refractivity contribution in [1.29, 1.82) is 0 Å². The third kappa shape index (κ3) is 4.77. The van der Waals surface area contributed by atoms with E-state index in [0.717, 1.165) is 39.5 Å². The zero-order valence-electron chi connectivity index (χ0n) is 21.6. The number of nitrogens with one attached hydrogen (secondary N) is 2. The van der Waals surface area contributed by atoms with Gasteiger partial charge in [-0.05, 0) is 49.7 Å².